The van der Waals surface area contributed by atoms with Crippen LogP contribution >= 0.6 is 0 Å². The van der Waals surface area contributed by atoms with Gasteiger partial charge in [-0.05, 0) is 25.7 Å². The maximum absolute atomic E-state index is 7.44. The summed E-state index contributed by atoms with van der Waals surface area (Å²) in [6, 6.07) is 0. The number of rotatable bonds is 1. The number of amidine groups is 1. The van der Waals surface area contributed by atoms with E-state index >= 15 is 0 Å². The molecule has 0 amide bonds. The molecule has 0 aliphatic carbocycles. The van der Waals surface area contributed by atoms with Gasteiger partial charge >= 0.3 is 0 Å². The van der Waals surface area contributed by atoms with Gasteiger partial charge in [0.25, 0.3) is 0 Å². The molecule has 64 valence electrons. The molecule has 0 aromatic rings. The SMILES string of the molecule is CCC1CCN(C(C)=N)CC1. The maximum atomic E-state index is 7.44. The average Bonchev–Trinajstić information content (AvgIpc) is 2.05. The lowest BCUT2D eigenvalue weighted by molar-refractivity contribution is 0.259. The van der Waals surface area contributed by atoms with Crippen molar-refractivity contribution in [3.8, 4) is 0 Å². The highest BCUT2D eigenvalue weighted by molar-refractivity contribution is 5.76. The fraction of sp³-hybridized carbons (Fsp3) is 0.889. The summed E-state index contributed by atoms with van der Waals surface area (Å²) in [5.74, 6) is 1.66. The first kappa shape index (κ1) is 8.57. The van der Waals surface area contributed by atoms with Crippen LogP contribution in [0.25, 0.3) is 0 Å². The molecule has 0 spiro atoms. The van der Waals surface area contributed by atoms with Crippen LogP contribution in [0, 0.1) is 11.3 Å². The molecule has 1 rings (SSSR count). The third-order valence-corrected chi connectivity index (χ3v) is 2.67. The molecule has 1 aliphatic rings. The second-order valence-corrected chi connectivity index (χ2v) is 3.42. The number of likely N-dealkylation sites (tertiary alicyclic amines) is 1. The Morgan fingerprint density at radius 3 is 2.36 bits per heavy atom. The van der Waals surface area contributed by atoms with Crippen molar-refractivity contribution in [3.63, 3.8) is 0 Å². The normalized spacial score (nSPS) is 20.4. The van der Waals surface area contributed by atoms with Crippen LogP contribution in [0.3, 0.4) is 0 Å². The Labute approximate surface area is 69.1 Å². The van der Waals surface area contributed by atoms with E-state index in [1.165, 1.54) is 19.3 Å². The molecule has 1 N–H and O–H groups in total. The monoisotopic (exact) mass is 154 g/mol. The fourth-order valence-corrected chi connectivity index (χ4v) is 1.68. The van der Waals surface area contributed by atoms with Gasteiger partial charge in [-0.2, -0.15) is 0 Å². The van der Waals surface area contributed by atoms with Crippen molar-refractivity contribution in [2.24, 2.45) is 5.92 Å². The number of nitrogens with one attached hydrogen (secondary N) is 1. The summed E-state index contributed by atoms with van der Waals surface area (Å²) in [6.07, 6.45) is 3.88. The number of hydrogen-bond acceptors (Lipinski definition) is 1. The Kier molecular flexibility index (Phi) is 2.92. The zero-order valence-corrected chi connectivity index (χ0v) is 7.56. The van der Waals surface area contributed by atoms with E-state index in [9.17, 15) is 0 Å². The van der Waals surface area contributed by atoms with Crippen LogP contribution in [0.4, 0.5) is 0 Å². The van der Waals surface area contributed by atoms with Crippen LogP contribution in [0.5, 0.6) is 0 Å². The number of hydrogen-bond donors (Lipinski definition) is 1. The molecule has 0 bridgehead atoms. The first-order valence-electron chi connectivity index (χ1n) is 4.54. The minimum absolute atomic E-state index is 0.736. The van der Waals surface area contributed by atoms with E-state index < -0.39 is 0 Å². The fourth-order valence-electron chi connectivity index (χ4n) is 1.68. The Morgan fingerprint density at radius 1 is 1.45 bits per heavy atom. The van der Waals surface area contributed by atoms with E-state index in [0.717, 1.165) is 24.8 Å². The van der Waals surface area contributed by atoms with Crippen LogP contribution < -0.4 is 0 Å². The molecule has 1 saturated heterocycles. The molecule has 1 aliphatic heterocycles. The topological polar surface area (TPSA) is 27.1 Å². The van der Waals surface area contributed by atoms with E-state index in [1.54, 1.807) is 0 Å². The summed E-state index contributed by atoms with van der Waals surface area (Å²) in [5.41, 5.74) is 0. The molecule has 0 atom stereocenters. The molecular weight excluding hydrogens is 136 g/mol. The maximum Gasteiger partial charge on any atom is 0.0925 e. The molecule has 0 radical (unpaired) electrons. The Bertz CT molecular complexity index is 134. The summed E-state index contributed by atoms with van der Waals surface area (Å²) in [5, 5.41) is 7.44. The van der Waals surface area contributed by atoms with Gasteiger partial charge in [0.1, 0.15) is 0 Å². The van der Waals surface area contributed by atoms with Crippen molar-refractivity contribution in [2.45, 2.75) is 33.1 Å². The second-order valence-electron chi connectivity index (χ2n) is 3.42. The zero-order valence-electron chi connectivity index (χ0n) is 7.56. The minimum atomic E-state index is 0.736. The highest BCUT2D eigenvalue weighted by Gasteiger charge is 2.17. The summed E-state index contributed by atoms with van der Waals surface area (Å²) < 4.78 is 0. The van der Waals surface area contributed by atoms with Gasteiger partial charge in [-0.3, -0.25) is 5.41 Å². The molecule has 2 nitrogen and oxygen atoms in total. The molecule has 1 fully saturated rings. The summed E-state index contributed by atoms with van der Waals surface area (Å²) in [4.78, 5) is 2.17. The van der Waals surface area contributed by atoms with Crippen molar-refractivity contribution in [1.82, 2.24) is 4.90 Å². The highest BCUT2D eigenvalue weighted by Crippen LogP contribution is 2.19. The summed E-state index contributed by atoms with van der Waals surface area (Å²) in [7, 11) is 0. The summed E-state index contributed by atoms with van der Waals surface area (Å²) >= 11 is 0. The Balaban J connectivity index is 2.30. The van der Waals surface area contributed by atoms with Gasteiger partial charge in [0.15, 0.2) is 0 Å². The van der Waals surface area contributed by atoms with Crippen LogP contribution in [0.2, 0.25) is 0 Å². The van der Waals surface area contributed by atoms with Crippen molar-refractivity contribution in [1.29, 1.82) is 5.41 Å². The molecular formula is C9H18N2. The van der Waals surface area contributed by atoms with Gasteiger partial charge in [0, 0.05) is 13.1 Å². The van der Waals surface area contributed by atoms with Gasteiger partial charge in [-0.1, -0.05) is 13.3 Å². The van der Waals surface area contributed by atoms with Crippen LogP contribution in [-0.2, 0) is 0 Å². The van der Waals surface area contributed by atoms with E-state index in [0.29, 0.717) is 0 Å². The molecule has 0 saturated carbocycles. The van der Waals surface area contributed by atoms with Crippen LogP contribution in [0.15, 0.2) is 0 Å². The number of piperidine rings is 1. The van der Waals surface area contributed by atoms with Gasteiger partial charge in [-0.25, -0.2) is 0 Å². The third-order valence-electron chi connectivity index (χ3n) is 2.67. The minimum Gasteiger partial charge on any atom is -0.361 e. The predicted octanol–water partition coefficient (Wildman–Crippen LogP) is 2.11. The lowest BCUT2D eigenvalue weighted by Gasteiger charge is -2.32. The van der Waals surface area contributed by atoms with Gasteiger partial charge < -0.3 is 4.90 Å². The van der Waals surface area contributed by atoms with Crippen molar-refractivity contribution in [3.05, 3.63) is 0 Å². The molecule has 0 aromatic heterocycles. The third kappa shape index (κ3) is 2.21. The predicted molar refractivity (Wildman–Crippen MR) is 48.0 cm³/mol. The Hall–Kier alpha value is -0.530. The lowest BCUT2D eigenvalue weighted by Crippen LogP contribution is -2.36. The molecule has 1 heterocycles. The Morgan fingerprint density at radius 2 is 2.00 bits per heavy atom. The smallest absolute Gasteiger partial charge is 0.0925 e. The quantitative estimate of drug-likeness (QED) is 0.454. The first-order valence-corrected chi connectivity index (χ1v) is 4.54. The molecule has 2 heteroatoms. The van der Waals surface area contributed by atoms with Gasteiger partial charge in [0.05, 0.1) is 5.84 Å². The summed E-state index contributed by atoms with van der Waals surface area (Å²) in [6.45, 7) is 6.35. The van der Waals surface area contributed by atoms with Crippen molar-refractivity contribution >= 4 is 5.84 Å². The van der Waals surface area contributed by atoms with Crippen LogP contribution in [-0.4, -0.2) is 23.8 Å². The zero-order chi connectivity index (χ0) is 8.27. The van der Waals surface area contributed by atoms with E-state index in [-0.39, 0.29) is 0 Å². The van der Waals surface area contributed by atoms with Crippen molar-refractivity contribution in [2.75, 3.05) is 13.1 Å². The first-order chi connectivity index (χ1) is 5.24. The van der Waals surface area contributed by atoms with Gasteiger partial charge in [-0.15, -0.1) is 0 Å². The van der Waals surface area contributed by atoms with E-state index in [2.05, 4.69) is 11.8 Å². The van der Waals surface area contributed by atoms with Gasteiger partial charge in [0.2, 0.25) is 0 Å². The molecule has 11 heavy (non-hydrogen) atoms. The van der Waals surface area contributed by atoms with Crippen molar-refractivity contribution < 1.29 is 0 Å². The largest absolute Gasteiger partial charge is 0.361 e. The molecule has 0 unspecified atom stereocenters. The average molecular weight is 154 g/mol. The lowest BCUT2D eigenvalue weighted by atomic mass is 9.94. The molecule has 0 aromatic carbocycles. The van der Waals surface area contributed by atoms with E-state index in [4.69, 9.17) is 5.41 Å². The number of nitrogens with zero attached hydrogens (tertiary/aromatic N) is 1. The standard InChI is InChI=1S/C9H18N2/c1-3-9-4-6-11(7-5-9)8(2)10/h9-10H,3-7H2,1-2H3. The van der Waals surface area contributed by atoms with Crippen LogP contribution in [0.1, 0.15) is 33.1 Å². The highest BCUT2D eigenvalue weighted by atomic mass is 15.2. The second kappa shape index (κ2) is 3.74. The van der Waals surface area contributed by atoms with E-state index in [1.807, 2.05) is 6.92 Å².